The molecule has 32 heavy (non-hydrogen) atoms. The van der Waals surface area contributed by atoms with E-state index in [0.717, 1.165) is 44.2 Å². The van der Waals surface area contributed by atoms with E-state index < -0.39 is 5.97 Å². The van der Waals surface area contributed by atoms with E-state index in [1.54, 1.807) is 12.1 Å². The molecule has 5 atom stereocenters. The van der Waals surface area contributed by atoms with Crippen LogP contribution >= 0.6 is 0 Å². The summed E-state index contributed by atoms with van der Waals surface area (Å²) < 4.78 is 5.62. The van der Waals surface area contributed by atoms with Crippen LogP contribution in [0.15, 0.2) is 36.5 Å². The summed E-state index contributed by atoms with van der Waals surface area (Å²) in [7, 11) is 0. The van der Waals surface area contributed by atoms with Crippen LogP contribution in [0.2, 0.25) is 0 Å². The van der Waals surface area contributed by atoms with Gasteiger partial charge >= 0.3 is 27.0 Å². The van der Waals surface area contributed by atoms with Crippen LogP contribution in [-0.2, 0) is 34.0 Å². The van der Waals surface area contributed by atoms with Crippen LogP contribution in [0.3, 0.4) is 0 Å². The molecule has 5 nitrogen and oxygen atoms in total. The second kappa shape index (κ2) is 9.93. The summed E-state index contributed by atoms with van der Waals surface area (Å²) >= 11 is 0. The Morgan fingerprint density at radius 3 is 2.75 bits per heavy atom. The number of nitrogens with two attached hydrogens (primary N) is 1. The molecule has 3 unspecified atom stereocenters. The van der Waals surface area contributed by atoms with Crippen molar-refractivity contribution >= 4 is 5.97 Å². The van der Waals surface area contributed by atoms with Crippen molar-refractivity contribution in [3.05, 3.63) is 58.9 Å². The average molecular weight is 636 g/mol. The van der Waals surface area contributed by atoms with Crippen molar-refractivity contribution in [2.75, 3.05) is 0 Å². The van der Waals surface area contributed by atoms with E-state index in [2.05, 4.69) is 18.0 Å². The van der Waals surface area contributed by atoms with Crippen LogP contribution in [-0.4, -0.2) is 17.1 Å². The Balaban J connectivity index is 0.00000144. The number of halogens is 1. The standard InChI is InChI=1S/C25H29N2O3.ClH.Pt/c1-25-11-10-20-19-7-5-18(30-24(29)16-2-4-17(13-26)27-14-16)12-15(19)3-6-21(20)22(25)8-9-23(25)28;;/h2,4-5,7,12,14,20-23H,3,6,8-11,13,26H2,1H3;1H;/q-1;;+2/p-1/t20?,21?,22?,23-,25-;;/m0../s1. The Morgan fingerprint density at radius 1 is 1.22 bits per heavy atom. The van der Waals surface area contributed by atoms with Crippen molar-refractivity contribution < 1.29 is 48.1 Å². The Labute approximate surface area is 210 Å². The van der Waals surface area contributed by atoms with Crippen molar-refractivity contribution in [2.24, 2.45) is 23.0 Å². The Kier molecular flexibility index (Phi) is 7.87. The number of pyridine rings is 1. The summed E-state index contributed by atoms with van der Waals surface area (Å²) in [5.74, 6) is 1.90. The van der Waals surface area contributed by atoms with Gasteiger partial charge in [0.25, 0.3) is 0 Å². The second-order valence-corrected chi connectivity index (χ2v) is 9.52. The topological polar surface area (TPSA) is 88.3 Å². The maximum Gasteiger partial charge on any atom is 2.00 e. The molecule has 0 amide bonds. The predicted octanol–water partition coefficient (Wildman–Crippen LogP) is 0.346. The molecule has 0 bridgehead atoms. The molecule has 0 saturated heterocycles. The van der Waals surface area contributed by atoms with Gasteiger partial charge in [-0.1, -0.05) is 25.8 Å². The first-order chi connectivity index (χ1) is 14.5. The van der Waals surface area contributed by atoms with Gasteiger partial charge in [-0.25, -0.2) is 4.79 Å². The number of hydrogen-bond acceptors (Lipinski definition) is 5. The van der Waals surface area contributed by atoms with Gasteiger partial charge in [0.2, 0.25) is 0 Å². The van der Waals surface area contributed by atoms with E-state index in [0.29, 0.717) is 35.6 Å². The zero-order chi connectivity index (χ0) is 20.9. The summed E-state index contributed by atoms with van der Waals surface area (Å²) in [5, 5.41) is 12.6. The van der Waals surface area contributed by atoms with E-state index in [4.69, 9.17) is 10.5 Å². The molecule has 0 radical (unpaired) electrons. The smallest absolute Gasteiger partial charge is 1.00 e. The number of benzene rings is 1. The number of esters is 1. The molecule has 174 valence electrons. The molecule has 3 aliphatic carbocycles. The monoisotopic (exact) mass is 635 g/mol. The summed E-state index contributed by atoms with van der Waals surface area (Å²) in [4.78, 5) is 16.6. The van der Waals surface area contributed by atoms with E-state index in [1.807, 2.05) is 12.1 Å². The number of rotatable bonds is 3. The van der Waals surface area contributed by atoms with Gasteiger partial charge in [0, 0.05) is 12.7 Å². The number of fused-ring (bicyclic) bond motifs is 5. The third-order valence-electron chi connectivity index (χ3n) is 8.09. The summed E-state index contributed by atoms with van der Waals surface area (Å²) in [6.45, 7) is 2.59. The van der Waals surface area contributed by atoms with Crippen LogP contribution in [0.25, 0.3) is 0 Å². The Morgan fingerprint density at radius 2 is 2.03 bits per heavy atom. The van der Waals surface area contributed by atoms with E-state index in [1.165, 1.54) is 17.3 Å². The molecule has 2 N–H and O–H groups in total. The summed E-state index contributed by atoms with van der Waals surface area (Å²) in [6.07, 6.45) is 7.31. The van der Waals surface area contributed by atoms with Gasteiger partial charge in [-0.2, -0.15) is 0 Å². The molecule has 0 aliphatic heterocycles. The Bertz CT molecular complexity index is 970. The number of hydrogen-bond donors (Lipinski definition) is 1. The molecule has 1 aromatic heterocycles. The van der Waals surface area contributed by atoms with Crippen molar-refractivity contribution in [1.82, 2.24) is 4.98 Å². The molecule has 5 rings (SSSR count). The van der Waals surface area contributed by atoms with Crippen LogP contribution in [0.4, 0.5) is 0 Å². The number of carbonyl (C=O) groups excluding carboxylic acids is 1. The van der Waals surface area contributed by atoms with Crippen molar-refractivity contribution in [1.29, 1.82) is 0 Å². The maximum atomic E-state index is 12.6. The first kappa shape index (κ1) is 25.4. The molecule has 0 spiro atoms. The fourth-order valence-corrected chi connectivity index (χ4v) is 6.41. The van der Waals surface area contributed by atoms with Gasteiger partial charge in [-0.05, 0) is 84.2 Å². The molecule has 3 aliphatic rings. The first-order valence-electron chi connectivity index (χ1n) is 11.2. The van der Waals surface area contributed by atoms with Crippen molar-refractivity contribution in [2.45, 2.75) is 64.0 Å². The largest absolute Gasteiger partial charge is 2.00 e. The van der Waals surface area contributed by atoms with Gasteiger partial charge in [0.15, 0.2) is 0 Å². The molecular weight excluding hydrogens is 607 g/mol. The molecule has 2 aromatic rings. The van der Waals surface area contributed by atoms with Crippen LogP contribution in [0.5, 0.6) is 5.75 Å². The molecular formula is C25H29ClN2O3Pt. The van der Waals surface area contributed by atoms with Gasteiger partial charge in [0.1, 0.15) is 5.75 Å². The van der Waals surface area contributed by atoms with E-state index in [-0.39, 0.29) is 45.0 Å². The second-order valence-electron chi connectivity index (χ2n) is 9.52. The van der Waals surface area contributed by atoms with Crippen LogP contribution in [0, 0.1) is 17.3 Å². The van der Waals surface area contributed by atoms with Gasteiger partial charge in [0.05, 0.1) is 11.3 Å². The van der Waals surface area contributed by atoms with Crippen LogP contribution < -0.4 is 28.0 Å². The molecule has 2 saturated carbocycles. The SMILES string of the molecule is C[C@]12CCC3c4ccc(OC(=O)c5ccc(CN)nc5)cc4CCC3C1CC[C@@H]2[O-].[Cl-].[Pt+2]. The first-order valence-corrected chi connectivity index (χ1v) is 11.2. The quantitative estimate of drug-likeness (QED) is 0.389. The molecule has 7 heteroatoms. The van der Waals surface area contributed by atoms with Crippen molar-refractivity contribution in [3.8, 4) is 5.75 Å². The molecule has 1 aromatic carbocycles. The number of carbonyl (C=O) groups is 1. The minimum absolute atomic E-state index is 0. The number of aromatic nitrogens is 1. The fraction of sp³-hybridized carbons (Fsp3) is 0.520. The number of aryl methyl sites for hydroxylation is 1. The van der Waals surface area contributed by atoms with Gasteiger partial charge in [-0.3, -0.25) is 4.98 Å². The van der Waals surface area contributed by atoms with Gasteiger partial charge < -0.3 is 28.0 Å². The summed E-state index contributed by atoms with van der Waals surface area (Å²) in [5.41, 5.74) is 9.40. The minimum Gasteiger partial charge on any atom is -1.00 e. The number of ether oxygens (including phenoxy) is 1. The Hall–Kier alpha value is -1.26. The fourth-order valence-electron chi connectivity index (χ4n) is 6.41. The summed E-state index contributed by atoms with van der Waals surface area (Å²) in [6, 6.07) is 9.54. The van der Waals surface area contributed by atoms with E-state index in [9.17, 15) is 9.90 Å². The zero-order valence-corrected chi connectivity index (χ0v) is 21.2. The predicted molar refractivity (Wildman–Crippen MR) is 112 cm³/mol. The zero-order valence-electron chi connectivity index (χ0n) is 18.2. The van der Waals surface area contributed by atoms with Gasteiger partial charge in [-0.15, -0.1) is 6.10 Å². The number of nitrogens with zero attached hydrogens (tertiary/aromatic N) is 1. The third kappa shape index (κ3) is 4.30. The van der Waals surface area contributed by atoms with E-state index >= 15 is 0 Å². The average Bonchev–Trinajstić information content (AvgIpc) is 3.08. The van der Waals surface area contributed by atoms with Crippen molar-refractivity contribution in [3.63, 3.8) is 0 Å². The molecule has 2 fully saturated rings. The third-order valence-corrected chi connectivity index (χ3v) is 8.09. The molecule has 1 heterocycles. The minimum atomic E-state index is -0.402. The van der Waals surface area contributed by atoms with Crippen LogP contribution in [0.1, 0.15) is 72.1 Å². The normalized spacial score (nSPS) is 30.1. The maximum absolute atomic E-state index is 12.6.